The first kappa shape index (κ1) is 28.9. The van der Waals surface area contributed by atoms with Gasteiger partial charge in [-0.3, -0.25) is 9.69 Å². The number of H-pyrrole nitrogens is 1. The number of amides is 1. The molecule has 2 aliphatic heterocycles. The third-order valence-electron chi connectivity index (χ3n) is 7.36. The number of aryl methyl sites for hydroxylation is 2. The lowest BCUT2D eigenvalue weighted by molar-refractivity contribution is -0.769. The number of carbonyl (C=O) groups is 1. The second-order valence-electron chi connectivity index (χ2n) is 9.93. The minimum Gasteiger partial charge on any atom is -0.497 e. The first-order valence-electron chi connectivity index (χ1n) is 13.1. The molecule has 0 saturated carbocycles. The molecule has 0 radical (unpaired) electrons. The normalized spacial score (nSPS) is 21.1. The van der Waals surface area contributed by atoms with Crippen molar-refractivity contribution in [3.63, 3.8) is 0 Å². The van der Waals surface area contributed by atoms with Gasteiger partial charge in [-0.1, -0.05) is 0 Å². The molecule has 0 aliphatic carbocycles. The predicted octanol–water partition coefficient (Wildman–Crippen LogP) is 2.33. The molecule has 0 bridgehead atoms. The van der Waals surface area contributed by atoms with Crippen LogP contribution in [0, 0.1) is 24.0 Å². The van der Waals surface area contributed by atoms with Crippen LogP contribution in [0.2, 0.25) is 0 Å². The fourth-order valence-electron chi connectivity index (χ4n) is 5.50. The third-order valence-corrected chi connectivity index (χ3v) is 7.36. The van der Waals surface area contributed by atoms with Crippen LogP contribution in [0.25, 0.3) is 22.3 Å². The Morgan fingerprint density at radius 3 is 2.50 bits per heavy atom. The van der Waals surface area contributed by atoms with Gasteiger partial charge in [0.25, 0.3) is 10.6 Å². The van der Waals surface area contributed by atoms with E-state index in [2.05, 4.69) is 14.8 Å². The number of nitrogens with zero attached hydrogens (tertiary/aromatic N) is 3. The fourth-order valence-corrected chi connectivity index (χ4v) is 5.50. The molecular formula is C27H30N4O11. The lowest BCUT2D eigenvalue weighted by Crippen LogP contribution is -2.49. The number of aromatic nitrogens is 2. The molecule has 2 aromatic carbocycles. The minimum atomic E-state index is -1.20. The zero-order valence-corrected chi connectivity index (χ0v) is 23.3. The summed E-state index contributed by atoms with van der Waals surface area (Å²) in [6.07, 6.45) is -3.54. The van der Waals surface area contributed by atoms with E-state index in [0.29, 0.717) is 39.5 Å². The highest BCUT2D eigenvalue weighted by Crippen LogP contribution is 2.33. The summed E-state index contributed by atoms with van der Waals surface area (Å²) >= 11 is 0. The van der Waals surface area contributed by atoms with Gasteiger partial charge in [0.1, 0.15) is 47.3 Å². The van der Waals surface area contributed by atoms with E-state index in [0.717, 1.165) is 16.0 Å². The van der Waals surface area contributed by atoms with E-state index < -0.39 is 35.5 Å². The number of methoxy groups -OCH3 is 2. The smallest absolute Gasteiger partial charge is 0.407 e. The molecule has 5 rings (SSSR count). The highest BCUT2D eigenvalue weighted by molar-refractivity contribution is 5.87. The monoisotopic (exact) mass is 586 g/mol. The van der Waals surface area contributed by atoms with Gasteiger partial charge in [0.15, 0.2) is 6.10 Å². The van der Waals surface area contributed by atoms with Crippen LogP contribution in [0.15, 0.2) is 29.1 Å². The van der Waals surface area contributed by atoms with Crippen molar-refractivity contribution in [1.82, 2.24) is 14.9 Å². The number of rotatable bonds is 10. The molecular weight excluding hydrogens is 556 g/mol. The number of hydrogen-bond donors (Lipinski definition) is 2. The van der Waals surface area contributed by atoms with E-state index in [-0.39, 0.29) is 31.9 Å². The molecule has 2 saturated heterocycles. The average molecular weight is 587 g/mol. The van der Waals surface area contributed by atoms with Crippen LogP contribution < -0.4 is 19.8 Å². The van der Waals surface area contributed by atoms with Crippen LogP contribution in [0.1, 0.15) is 11.1 Å². The molecule has 2 aliphatic rings. The molecule has 2 fully saturated rings. The average Bonchev–Trinajstić information content (AvgIpc) is 3.53. The largest absolute Gasteiger partial charge is 0.497 e. The van der Waals surface area contributed by atoms with Crippen molar-refractivity contribution in [3.8, 4) is 28.6 Å². The van der Waals surface area contributed by atoms with Crippen molar-refractivity contribution >= 4 is 17.0 Å². The number of carboxylic acid groups (broad SMARTS) is 1. The Morgan fingerprint density at radius 1 is 1.14 bits per heavy atom. The van der Waals surface area contributed by atoms with E-state index >= 15 is 0 Å². The van der Waals surface area contributed by atoms with Crippen LogP contribution in [0.4, 0.5) is 4.79 Å². The summed E-state index contributed by atoms with van der Waals surface area (Å²) in [5.74, 6) is 1.76. The van der Waals surface area contributed by atoms with Gasteiger partial charge in [-0.15, -0.1) is 10.1 Å². The molecule has 42 heavy (non-hydrogen) atoms. The van der Waals surface area contributed by atoms with Gasteiger partial charge in [-0.2, -0.15) is 0 Å². The van der Waals surface area contributed by atoms with Gasteiger partial charge in [-0.25, -0.2) is 9.78 Å². The maximum absolute atomic E-state index is 12.9. The van der Waals surface area contributed by atoms with Crippen molar-refractivity contribution < 1.29 is 43.5 Å². The SMILES string of the molecule is COc1cc(OC)c2c(=O)[nH]c(-c3cc(C)c(OCCN(C(=O)O)C4COC5C(O[N+](=O)[O-])COC54)c(C)c3)nc2c1. The van der Waals surface area contributed by atoms with Crippen molar-refractivity contribution in [2.75, 3.05) is 40.6 Å². The zero-order valence-electron chi connectivity index (χ0n) is 23.3. The maximum atomic E-state index is 12.9. The first-order valence-corrected chi connectivity index (χ1v) is 13.1. The van der Waals surface area contributed by atoms with Crippen molar-refractivity contribution in [2.24, 2.45) is 0 Å². The molecule has 15 nitrogen and oxygen atoms in total. The second-order valence-corrected chi connectivity index (χ2v) is 9.93. The summed E-state index contributed by atoms with van der Waals surface area (Å²) in [6.45, 7) is 3.65. The third kappa shape index (κ3) is 5.47. The van der Waals surface area contributed by atoms with Crippen molar-refractivity contribution in [1.29, 1.82) is 0 Å². The number of aromatic amines is 1. The summed E-state index contributed by atoms with van der Waals surface area (Å²) in [4.78, 5) is 49.0. The Labute approximate surface area is 239 Å². The van der Waals surface area contributed by atoms with Gasteiger partial charge >= 0.3 is 6.09 Å². The predicted molar refractivity (Wildman–Crippen MR) is 146 cm³/mol. The number of ether oxygens (including phenoxy) is 5. The summed E-state index contributed by atoms with van der Waals surface area (Å²) in [6, 6.07) is 6.23. The van der Waals surface area contributed by atoms with Crippen LogP contribution >= 0.6 is 0 Å². The van der Waals surface area contributed by atoms with Crippen LogP contribution in [-0.2, 0) is 14.3 Å². The Balaban J connectivity index is 1.31. The highest BCUT2D eigenvalue weighted by Gasteiger charge is 2.52. The summed E-state index contributed by atoms with van der Waals surface area (Å²) in [5, 5.41) is 20.0. The molecule has 4 unspecified atom stereocenters. The van der Waals surface area contributed by atoms with Crippen LogP contribution in [0.3, 0.4) is 0 Å². The Kier molecular flexibility index (Phi) is 8.04. The standard InChI is InChI=1S/C27H30N4O11/c1-13-7-15(25-28-17-9-16(37-3)10-19(38-4)21(17)26(32)29-25)8-14(2)22(13)39-6-5-30(27(33)34)18-11-40-24-20(42-31(35)36)12-41-23(18)24/h7-10,18,20,23-24H,5-6,11-12H2,1-4H3,(H,33,34)(H,28,29,32). The van der Waals surface area contributed by atoms with Gasteiger partial charge in [0.05, 0.1) is 45.5 Å². The molecule has 3 heterocycles. The number of benzene rings is 2. The van der Waals surface area contributed by atoms with E-state index in [4.69, 9.17) is 23.7 Å². The lowest BCUT2D eigenvalue weighted by Gasteiger charge is -2.28. The van der Waals surface area contributed by atoms with Crippen LogP contribution in [-0.4, -0.2) is 96.1 Å². The number of hydrogen-bond acceptors (Lipinski definition) is 11. The molecule has 3 aromatic rings. The first-order chi connectivity index (χ1) is 20.1. The van der Waals surface area contributed by atoms with Crippen molar-refractivity contribution in [3.05, 3.63) is 55.9 Å². The Bertz CT molecular complexity index is 1550. The molecule has 2 N–H and O–H groups in total. The van der Waals surface area contributed by atoms with E-state index in [1.807, 2.05) is 26.0 Å². The molecule has 224 valence electrons. The molecule has 4 atom stereocenters. The number of nitrogens with one attached hydrogen (secondary N) is 1. The van der Waals surface area contributed by atoms with E-state index in [1.54, 1.807) is 12.1 Å². The van der Waals surface area contributed by atoms with Gasteiger partial charge in [0, 0.05) is 17.7 Å². The van der Waals surface area contributed by atoms with Crippen LogP contribution in [0.5, 0.6) is 17.2 Å². The summed E-state index contributed by atoms with van der Waals surface area (Å²) in [7, 11) is 2.98. The van der Waals surface area contributed by atoms with Gasteiger partial charge in [0.2, 0.25) is 0 Å². The van der Waals surface area contributed by atoms with Gasteiger partial charge < -0.3 is 38.6 Å². The minimum absolute atomic E-state index is 0.000543. The molecule has 0 spiro atoms. The number of fused-ring (bicyclic) bond motifs is 2. The van der Waals surface area contributed by atoms with Crippen molar-refractivity contribution in [2.45, 2.75) is 38.2 Å². The second kappa shape index (κ2) is 11.7. The van der Waals surface area contributed by atoms with Gasteiger partial charge in [-0.05, 0) is 37.1 Å². The van der Waals surface area contributed by atoms with E-state index in [9.17, 15) is 24.8 Å². The topological polar surface area (TPSA) is 185 Å². The summed E-state index contributed by atoms with van der Waals surface area (Å²) < 4.78 is 27.9. The maximum Gasteiger partial charge on any atom is 0.407 e. The zero-order chi connectivity index (χ0) is 30.1. The lowest BCUT2D eigenvalue weighted by atomic mass is 10.0. The summed E-state index contributed by atoms with van der Waals surface area (Å²) in [5.41, 5.74) is 2.21. The molecule has 1 amide bonds. The highest BCUT2D eigenvalue weighted by atomic mass is 17.0. The fraction of sp³-hybridized carbons (Fsp3) is 0.444. The Morgan fingerprint density at radius 2 is 1.86 bits per heavy atom. The Hall–Kier alpha value is -4.63. The molecule has 1 aromatic heterocycles. The molecule has 15 heteroatoms. The van der Waals surface area contributed by atoms with E-state index in [1.165, 1.54) is 14.2 Å². The quantitative estimate of drug-likeness (QED) is 0.261.